The molecule has 1 heterocycles. The van der Waals surface area contributed by atoms with Gasteiger partial charge in [-0.3, -0.25) is 4.79 Å². The minimum Gasteiger partial charge on any atom is -0.440 e. The molecule has 4 nitrogen and oxygen atoms in total. The predicted octanol–water partition coefficient (Wildman–Crippen LogP) is 1.82. The fourth-order valence-corrected chi connectivity index (χ4v) is 1.29. The molecule has 1 aromatic heterocycles. The minimum absolute atomic E-state index is 0.0200. The highest BCUT2D eigenvalue weighted by molar-refractivity contribution is 6.29. The van der Waals surface area contributed by atoms with Crippen molar-refractivity contribution in [1.29, 1.82) is 0 Å². The first-order valence-corrected chi connectivity index (χ1v) is 5.01. The van der Waals surface area contributed by atoms with Crippen molar-refractivity contribution in [3.8, 4) is 0 Å². The van der Waals surface area contributed by atoms with Crippen LogP contribution in [-0.4, -0.2) is 23.2 Å². The lowest BCUT2D eigenvalue weighted by atomic mass is 10.0. The van der Waals surface area contributed by atoms with E-state index in [2.05, 4.69) is 5.32 Å². The van der Waals surface area contributed by atoms with Crippen molar-refractivity contribution in [3.05, 3.63) is 23.1 Å². The van der Waals surface area contributed by atoms with E-state index in [1.165, 1.54) is 12.1 Å². The molecule has 0 atom stereocenters. The topological polar surface area (TPSA) is 62.5 Å². The summed E-state index contributed by atoms with van der Waals surface area (Å²) in [6.45, 7) is 3.67. The smallest absolute Gasteiger partial charge is 0.287 e. The zero-order valence-corrected chi connectivity index (χ0v) is 9.47. The van der Waals surface area contributed by atoms with E-state index in [1.54, 1.807) is 0 Å². The molecule has 84 valence electrons. The van der Waals surface area contributed by atoms with E-state index in [1.807, 2.05) is 13.8 Å². The molecule has 0 unspecified atom stereocenters. The van der Waals surface area contributed by atoms with Gasteiger partial charge in [0.2, 0.25) is 0 Å². The number of carbonyl (C=O) groups is 1. The summed E-state index contributed by atoms with van der Waals surface area (Å²) in [6, 6.07) is 3.02. The quantitative estimate of drug-likeness (QED) is 0.831. The van der Waals surface area contributed by atoms with Crippen LogP contribution in [0.5, 0.6) is 0 Å². The summed E-state index contributed by atoms with van der Waals surface area (Å²) in [5, 5.41) is 11.7. The molecule has 5 heteroatoms. The second-order valence-electron chi connectivity index (χ2n) is 3.92. The molecule has 0 spiro atoms. The first-order valence-electron chi connectivity index (χ1n) is 4.63. The number of hydrogen-bond acceptors (Lipinski definition) is 3. The Morgan fingerprint density at radius 3 is 2.73 bits per heavy atom. The zero-order valence-electron chi connectivity index (χ0n) is 8.71. The van der Waals surface area contributed by atoms with Crippen molar-refractivity contribution < 1.29 is 14.3 Å². The highest BCUT2D eigenvalue weighted by atomic mass is 35.5. The standard InChI is InChI=1S/C10H14ClNO3/c1-10(2,5-6-13)12-9(14)7-3-4-8(11)15-7/h3-4,13H,5-6H2,1-2H3,(H,12,14). The monoisotopic (exact) mass is 231 g/mol. The van der Waals surface area contributed by atoms with Crippen molar-refractivity contribution >= 4 is 17.5 Å². The Morgan fingerprint density at radius 1 is 1.60 bits per heavy atom. The summed E-state index contributed by atoms with van der Waals surface area (Å²) in [4.78, 5) is 11.6. The van der Waals surface area contributed by atoms with Crippen molar-refractivity contribution in [2.24, 2.45) is 0 Å². The number of aliphatic hydroxyl groups excluding tert-OH is 1. The van der Waals surface area contributed by atoms with Gasteiger partial charge in [-0.15, -0.1) is 0 Å². The lowest BCUT2D eigenvalue weighted by Crippen LogP contribution is -2.43. The van der Waals surface area contributed by atoms with Crippen molar-refractivity contribution in [2.75, 3.05) is 6.61 Å². The third-order valence-corrected chi connectivity index (χ3v) is 2.19. The number of amides is 1. The summed E-state index contributed by atoms with van der Waals surface area (Å²) in [6.07, 6.45) is 0.479. The number of furan rings is 1. The van der Waals surface area contributed by atoms with Crippen LogP contribution in [-0.2, 0) is 0 Å². The van der Waals surface area contributed by atoms with Gasteiger partial charge in [-0.1, -0.05) is 0 Å². The van der Waals surface area contributed by atoms with E-state index in [0.29, 0.717) is 6.42 Å². The first-order chi connectivity index (χ1) is 6.94. The SMILES string of the molecule is CC(C)(CCO)NC(=O)c1ccc(Cl)o1. The maximum Gasteiger partial charge on any atom is 0.287 e. The highest BCUT2D eigenvalue weighted by Crippen LogP contribution is 2.15. The molecule has 0 aliphatic rings. The van der Waals surface area contributed by atoms with Gasteiger partial charge in [-0.2, -0.15) is 0 Å². The molecule has 0 fully saturated rings. The van der Waals surface area contributed by atoms with Crippen molar-refractivity contribution in [1.82, 2.24) is 5.32 Å². The molecule has 15 heavy (non-hydrogen) atoms. The zero-order chi connectivity index (χ0) is 11.5. The lowest BCUT2D eigenvalue weighted by molar-refractivity contribution is 0.0871. The van der Waals surface area contributed by atoms with E-state index in [9.17, 15) is 4.79 Å². The Bertz CT molecular complexity index is 346. The van der Waals surface area contributed by atoms with E-state index >= 15 is 0 Å². The van der Waals surface area contributed by atoms with Crippen LogP contribution in [0.15, 0.2) is 16.5 Å². The Balaban J connectivity index is 2.63. The third-order valence-electron chi connectivity index (χ3n) is 1.99. The van der Waals surface area contributed by atoms with E-state index < -0.39 is 5.54 Å². The molecule has 0 saturated heterocycles. The number of aliphatic hydroxyl groups is 1. The lowest BCUT2D eigenvalue weighted by Gasteiger charge is -2.24. The van der Waals surface area contributed by atoms with Crippen LogP contribution >= 0.6 is 11.6 Å². The highest BCUT2D eigenvalue weighted by Gasteiger charge is 2.22. The molecule has 1 rings (SSSR count). The molecule has 2 N–H and O–H groups in total. The maximum atomic E-state index is 11.6. The Hall–Kier alpha value is -1.00. The molecular formula is C10H14ClNO3. The maximum absolute atomic E-state index is 11.6. The molecule has 0 aromatic carbocycles. The third kappa shape index (κ3) is 3.57. The second-order valence-corrected chi connectivity index (χ2v) is 4.29. The number of halogens is 1. The summed E-state index contributed by atoms with van der Waals surface area (Å²) in [5.74, 6) is -0.161. The molecule has 0 saturated carbocycles. The molecule has 1 amide bonds. The summed E-state index contributed by atoms with van der Waals surface area (Å²) < 4.78 is 4.96. The Morgan fingerprint density at radius 2 is 2.27 bits per heavy atom. The van der Waals surface area contributed by atoms with Gasteiger partial charge in [0, 0.05) is 12.1 Å². The van der Waals surface area contributed by atoms with Crippen molar-refractivity contribution in [3.63, 3.8) is 0 Å². The van der Waals surface area contributed by atoms with Gasteiger partial charge < -0.3 is 14.8 Å². The Kier molecular flexibility index (Phi) is 3.77. The molecule has 0 bridgehead atoms. The molecule has 1 aromatic rings. The van der Waals surface area contributed by atoms with Crippen LogP contribution in [0.4, 0.5) is 0 Å². The average Bonchev–Trinajstić information content (AvgIpc) is 2.50. The van der Waals surface area contributed by atoms with Gasteiger partial charge in [-0.25, -0.2) is 0 Å². The van der Waals surface area contributed by atoms with E-state index in [0.717, 1.165) is 0 Å². The van der Waals surface area contributed by atoms with Crippen LogP contribution in [0.1, 0.15) is 30.8 Å². The van der Waals surface area contributed by atoms with Crippen LogP contribution in [0.3, 0.4) is 0 Å². The molecule has 0 radical (unpaired) electrons. The second kappa shape index (κ2) is 4.68. The van der Waals surface area contributed by atoms with Gasteiger partial charge in [-0.05, 0) is 44.0 Å². The number of hydrogen-bond donors (Lipinski definition) is 2. The van der Waals surface area contributed by atoms with Crippen LogP contribution in [0, 0.1) is 0 Å². The number of nitrogens with one attached hydrogen (secondary N) is 1. The van der Waals surface area contributed by atoms with E-state index in [-0.39, 0.29) is 23.5 Å². The average molecular weight is 232 g/mol. The fraction of sp³-hybridized carbons (Fsp3) is 0.500. The van der Waals surface area contributed by atoms with Crippen LogP contribution in [0.2, 0.25) is 5.22 Å². The van der Waals surface area contributed by atoms with Gasteiger partial charge >= 0.3 is 0 Å². The summed E-state index contributed by atoms with van der Waals surface area (Å²) in [7, 11) is 0. The van der Waals surface area contributed by atoms with Gasteiger partial charge in [0.1, 0.15) is 0 Å². The summed E-state index contributed by atoms with van der Waals surface area (Å²) in [5.41, 5.74) is -0.467. The largest absolute Gasteiger partial charge is 0.440 e. The van der Waals surface area contributed by atoms with Crippen molar-refractivity contribution in [2.45, 2.75) is 25.8 Å². The number of carbonyl (C=O) groups excluding carboxylic acids is 1. The predicted molar refractivity (Wildman–Crippen MR) is 57.0 cm³/mol. The van der Waals surface area contributed by atoms with E-state index in [4.69, 9.17) is 21.1 Å². The van der Waals surface area contributed by atoms with Gasteiger partial charge in [0.15, 0.2) is 11.0 Å². The fourth-order valence-electron chi connectivity index (χ4n) is 1.15. The first kappa shape index (κ1) is 12.1. The van der Waals surface area contributed by atoms with Crippen LogP contribution in [0.25, 0.3) is 0 Å². The summed E-state index contributed by atoms with van der Waals surface area (Å²) >= 11 is 5.55. The van der Waals surface area contributed by atoms with Crippen LogP contribution < -0.4 is 5.32 Å². The normalized spacial score (nSPS) is 11.5. The minimum atomic E-state index is -0.467. The van der Waals surface area contributed by atoms with Gasteiger partial charge in [0.25, 0.3) is 5.91 Å². The van der Waals surface area contributed by atoms with Gasteiger partial charge in [0.05, 0.1) is 0 Å². The number of rotatable bonds is 4. The molecule has 0 aliphatic heterocycles. The molecular weight excluding hydrogens is 218 g/mol. The Labute approximate surface area is 93.2 Å². The molecule has 0 aliphatic carbocycles.